The van der Waals surface area contributed by atoms with E-state index in [9.17, 15) is 0 Å². The van der Waals surface area contributed by atoms with E-state index in [0.717, 1.165) is 18.7 Å². The van der Waals surface area contributed by atoms with Crippen LogP contribution in [0.25, 0.3) is 0 Å². The minimum Gasteiger partial charge on any atom is -0.313 e. The lowest BCUT2D eigenvalue weighted by Gasteiger charge is -2.18. The molecular weight excluding hydrogens is 238 g/mol. The number of hydrogen-bond acceptors (Lipinski definition) is 2. The Balaban J connectivity index is 2.50. The summed E-state index contributed by atoms with van der Waals surface area (Å²) < 4.78 is 0. The molecule has 0 saturated carbocycles. The second-order valence-electron chi connectivity index (χ2n) is 4.89. The van der Waals surface area contributed by atoms with Gasteiger partial charge in [-0.3, -0.25) is 0 Å². The molecule has 1 atom stereocenters. The van der Waals surface area contributed by atoms with Gasteiger partial charge in [-0.05, 0) is 44.9 Å². The number of rotatable bonds is 8. The molecule has 0 radical (unpaired) electrons. The van der Waals surface area contributed by atoms with Gasteiger partial charge in [0.25, 0.3) is 0 Å². The Hall–Kier alpha value is -0.730. The zero-order chi connectivity index (χ0) is 13.4. The molecule has 2 heteroatoms. The Morgan fingerprint density at radius 3 is 2.72 bits per heavy atom. The van der Waals surface area contributed by atoms with Gasteiger partial charge in [0.15, 0.2) is 0 Å². The van der Waals surface area contributed by atoms with E-state index < -0.39 is 0 Å². The van der Waals surface area contributed by atoms with E-state index in [1.54, 1.807) is 0 Å². The van der Waals surface area contributed by atoms with Crippen LogP contribution < -0.4 is 5.32 Å². The lowest BCUT2D eigenvalue weighted by molar-refractivity contribution is 0.549. The fourth-order valence-corrected chi connectivity index (χ4v) is 2.95. The van der Waals surface area contributed by atoms with Gasteiger partial charge in [0.05, 0.1) is 0 Å². The molecule has 1 aromatic rings. The van der Waals surface area contributed by atoms with Crippen LogP contribution in [-0.4, -0.2) is 18.3 Å². The molecule has 100 valence electrons. The zero-order valence-corrected chi connectivity index (χ0v) is 12.6. The minimum atomic E-state index is 0.534. The summed E-state index contributed by atoms with van der Waals surface area (Å²) in [6.07, 6.45) is 2.25. The fourth-order valence-electron chi connectivity index (χ4n) is 1.87. The van der Waals surface area contributed by atoms with Crippen LogP contribution >= 0.6 is 11.8 Å². The average molecular weight is 263 g/mol. The third kappa shape index (κ3) is 5.74. The Bertz CT molecular complexity index is 373. The number of benzene rings is 1. The second kappa shape index (κ2) is 8.39. The van der Waals surface area contributed by atoms with Crippen molar-refractivity contribution in [2.75, 3.05) is 12.3 Å². The highest BCUT2D eigenvalue weighted by Gasteiger charge is 2.09. The summed E-state index contributed by atoms with van der Waals surface area (Å²) in [5.74, 6) is 1.11. The SMILES string of the molecule is C=C(C)CC(CSc1ccccc1C)NCCC. The molecule has 0 aliphatic rings. The molecule has 0 heterocycles. The molecule has 1 N–H and O–H groups in total. The molecule has 18 heavy (non-hydrogen) atoms. The van der Waals surface area contributed by atoms with Gasteiger partial charge in [0.2, 0.25) is 0 Å². The van der Waals surface area contributed by atoms with Gasteiger partial charge in [-0.2, -0.15) is 0 Å². The van der Waals surface area contributed by atoms with E-state index in [4.69, 9.17) is 0 Å². The van der Waals surface area contributed by atoms with Crippen molar-refractivity contribution >= 4 is 11.8 Å². The first-order valence-corrected chi connectivity index (χ1v) is 7.68. The fraction of sp³-hybridized carbons (Fsp3) is 0.500. The molecular formula is C16H25NS. The monoisotopic (exact) mass is 263 g/mol. The van der Waals surface area contributed by atoms with Crippen LogP contribution in [0.3, 0.4) is 0 Å². The van der Waals surface area contributed by atoms with Gasteiger partial charge in [-0.25, -0.2) is 0 Å². The molecule has 0 aromatic heterocycles. The van der Waals surface area contributed by atoms with Gasteiger partial charge >= 0.3 is 0 Å². The molecule has 0 fully saturated rings. The molecule has 0 amide bonds. The predicted molar refractivity (Wildman–Crippen MR) is 83.4 cm³/mol. The van der Waals surface area contributed by atoms with Crippen molar-refractivity contribution in [1.29, 1.82) is 0 Å². The first-order chi connectivity index (χ1) is 8.63. The van der Waals surface area contributed by atoms with Gasteiger partial charge in [0.1, 0.15) is 0 Å². The van der Waals surface area contributed by atoms with E-state index in [1.165, 1.54) is 22.5 Å². The summed E-state index contributed by atoms with van der Waals surface area (Å²) in [4.78, 5) is 1.39. The maximum absolute atomic E-state index is 4.03. The largest absolute Gasteiger partial charge is 0.313 e. The highest BCUT2D eigenvalue weighted by molar-refractivity contribution is 7.99. The molecule has 0 bridgehead atoms. The zero-order valence-electron chi connectivity index (χ0n) is 11.8. The molecule has 1 rings (SSSR count). The molecule has 1 nitrogen and oxygen atoms in total. The number of hydrogen-bond donors (Lipinski definition) is 1. The van der Waals surface area contributed by atoms with Crippen LogP contribution in [-0.2, 0) is 0 Å². The lowest BCUT2D eigenvalue weighted by Crippen LogP contribution is -2.32. The highest BCUT2D eigenvalue weighted by Crippen LogP contribution is 2.23. The quantitative estimate of drug-likeness (QED) is 0.550. The Kier molecular flexibility index (Phi) is 7.14. The first kappa shape index (κ1) is 15.3. The first-order valence-electron chi connectivity index (χ1n) is 6.69. The molecule has 1 unspecified atom stereocenters. The van der Waals surface area contributed by atoms with Gasteiger partial charge in [-0.15, -0.1) is 18.3 Å². The summed E-state index contributed by atoms with van der Waals surface area (Å²) in [6, 6.07) is 9.13. The Morgan fingerprint density at radius 1 is 1.39 bits per heavy atom. The van der Waals surface area contributed by atoms with Crippen LogP contribution in [0.2, 0.25) is 0 Å². The van der Waals surface area contributed by atoms with Crippen LogP contribution in [0.15, 0.2) is 41.3 Å². The standard InChI is InChI=1S/C16H25NS/c1-5-10-17-15(11-13(2)3)12-18-16-9-7-6-8-14(16)4/h6-9,15,17H,2,5,10-12H2,1,3-4H3. The average Bonchev–Trinajstić information content (AvgIpc) is 2.34. The molecule has 1 aromatic carbocycles. The van der Waals surface area contributed by atoms with Crippen molar-refractivity contribution in [1.82, 2.24) is 5.32 Å². The summed E-state index contributed by atoms with van der Waals surface area (Å²) in [5, 5.41) is 3.61. The van der Waals surface area contributed by atoms with Crippen LogP contribution in [0, 0.1) is 6.92 Å². The van der Waals surface area contributed by atoms with Crippen molar-refractivity contribution in [3.05, 3.63) is 42.0 Å². The van der Waals surface area contributed by atoms with Crippen LogP contribution in [0.5, 0.6) is 0 Å². The predicted octanol–water partition coefficient (Wildman–Crippen LogP) is 4.42. The van der Waals surface area contributed by atoms with Crippen molar-refractivity contribution in [2.45, 2.75) is 44.6 Å². The Labute approximate surface area is 116 Å². The normalized spacial score (nSPS) is 12.4. The van der Waals surface area contributed by atoms with Gasteiger partial charge in [-0.1, -0.05) is 30.7 Å². The van der Waals surface area contributed by atoms with E-state index in [-0.39, 0.29) is 0 Å². The maximum Gasteiger partial charge on any atom is 0.0198 e. The van der Waals surface area contributed by atoms with E-state index in [1.807, 2.05) is 11.8 Å². The maximum atomic E-state index is 4.03. The summed E-state index contributed by atoms with van der Waals surface area (Å²) >= 11 is 1.94. The van der Waals surface area contributed by atoms with Gasteiger partial charge in [0, 0.05) is 16.7 Å². The van der Waals surface area contributed by atoms with Crippen molar-refractivity contribution in [3.63, 3.8) is 0 Å². The van der Waals surface area contributed by atoms with E-state index in [2.05, 4.69) is 56.9 Å². The highest BCUT2D eigenvalue weighted by atomic mass is 32.2. The third-order valence-corrected chi connectivity index (χ3v) is 4.15. The number of nitrogens with one attached hydrogen (secondary N) is 1. The number of aryl methyl sites for hydroxylation is 1. The smallest absolute Gasteiger partial charge is 0.0198 e. The van der Waals surface area contributed by atoms with Crippen molar-refractivity contribution in [3.8, 4) is 0 Å². The van der Waals surface area contributed by atoms with E-state index in [0.29, 0.717) is 6.04 Å². The van der Waals surface area contributed by atoms with Crippen molar-refractivity contribution < 1.29 is 0 Å². The second-order valence-corrected chi connectivity index (χ2v) is 5.95. The summed E-state index contributed by atoms with van der Waals surface area (Å²) in [6.45, 7) is 11.6. The molecule has 0 spiro atoms. The van der Waals surface area contributed by atoms with Gasteiger partial charge < -0.3 is 5.32 Å². The molecule has 0 saturated heterocycles. The summed E-state index contributed by atoms with van der Waals surface area (Å²) in [7, 11) is 0. The molecule has 0 aliphatic heterocycles. The van der Waals surface area contributed by atoms with E-state index >= 15 is 0 Å². The third-order valence-electron chi connectivity index (χ3n) is 2.81. The van der Waals surface area contributed by atoms with Crippen molar-refractivity contribution in [2.24, 2.45) is 0 Å². The van der Waals surface area contributed by atoms with Crippen LogP contribution in [0.4, 0.5) is 0 Å². The Morgan fingerprint density at radius 2 is 2.11 bits per heavy atom. The summed E-state index contributed by atoms with van der Waals surface area (Å²) in [5.41, 5.74) is 2.63. The number of thioether (sulfide) groups is 1. The molecule has 0 aliphatic carbocycles. The topological polar surface area (TPSA) is 12.0 Å². The van der Waals surface area contributed by atoms with Crippen LogP contribution in [0.1, 0.15) is 32.3 Å². The lowest BCUT2D eigenvalue weighted by atomic mass is 10.1. The minimum absolute atomic E-state index is 0.534.